The summed E-state index contributed by atoms with van der Waals surface area (Å²) in [6.45, 7) is 18.0. The average molecular weight is 382 g/mol. The first-order chi connectivity index (χ1) is 12.8. The molecular formula is C22H43N3O2. The maximum absolute atomic E-state index is 6.30. The third-order valence-electron chi connectivity index (χ3n) is 6.84. The predicted molar refractivity (Wildman–Crippen MR) is 111 cm³/mol. The molecule has 0 bridgehead atoms. The number of hydrogen-bond acceptors (Lipinski definition) is 5. The lowest BCUT2D eigenvalue weighted by molar-refractivity contribution is -0.130. The molecule has 5 heteroatoms. The fourth-order valence-electron chi connectivity index (χ4n) is 5.50. The summed E-state index contributed by atoms with van der Waals surface area (Å²) in [5.41, 5.74) is 0.593. The molecule has 2 saturated heterocycles. The Hall–Kier alpha value is -0.200. The number of ether oxygens (including phenoxy) is 2. The quantitative estimate of drug-likeness (QED) is 0.700. The molecular weight excluding hydrogens is 338 g/mol. The Kier molecular flexibility index (Phi) is 7.23. The van der Waals surface area contributed by atoms with Crippen LogP contribution in [-0.4, -0.2) is 86.6 Å². The van der Waals surface area contributed by atoms with E-state index in [-0.39, 0.29) is 5.54 Å². The van der Waals surface area contributed by atoms with Gasteiger partial charge in [-0.15, -0.1) is 0 Å². The Balaban J connectivity index is 1.41. The largest absolute Gasteiger partial charge is 0.381 e. The van der Waals surface area contributed by atoms with Crippen LogP contribution in [0.2, 0.25) is 0 Å². The van der Waals surface area contributed by atoms with Crippen molar-refractivity contribution < 1.29 is 9.47 Å². The van der Waals surface area contributed by atoms with Crippen molar-refractivity contribution in [3.8, 4) is 0 Å². The maximum Gasteiger partial charge on any atom is 0.0628 e. The van der Waals surface area contributed by atoms with E-state index >= 15 is 0 Å². The Bertz CT molecular complexity index is 448. The van der Waals surface area contributed by atoms with Crippen molar-refractivity contribution in [2.45, 2.75) is 83.6 Å². The summed E-state index contributed by atoms with van der Waals surface area (Å²) in [5.74, 6) is 0. The zero-order chi connectivity index (χ0) is 19.5. The molecule has 158 valence electrons. The lowest BCUT2D eigenvalue weighted by Crippen LogP contribution is -2.54. The maximum atomic E-state index is 6.30. The summed E-state index contributed by atoms with van der Waals surface area (Å²) in [6, 6.07) is 0. The van der Waals surface area contributed by atoms with Gasteiger partial charge in [0.25, 0.3) is 0 Å². The first kappa shape index (κ1) is 21.5. The summed E-state index contributed by atoms with van der Waals surface area (Å²) >= 11 is 0. The SMILES string of the molecule is COC1CC(OC2CCN(C(C)(C)CC(C)(C)CN3CCNCC3)CC2)C1. The standard InChI is InChI=1S/C22H43N3O2/c1-21(2,17-24-12-8-23-9-13-24)16-22(3,4)25-10-6-18(7-11-25)27-20-14-19(15-20)26-5/h18-20,23H,6-17H2,1-5H3. The van der Waals surface area contributed by atoms with E-state index in [4.69, 9.17) is 9.47 Å². The number of nitrogens with one attached hydrogen (secondary N) is 1. The first-order valence-electron chi connectivity index (χ1n) is 11.1. The molecule has 0 radical (unpaired) electrons. The summed E-state index contributed by atoms with van der Waals surface area (Å²) in [4.78, 5) is 5.35. The van der Waals surface area contributed by atoms with E-state index in [9.17, 15) is 0 Å². The minimum absolute atomic E-state index is 0.250. The fraction of sp³-hybridized carbons (Fsp3) is 1.00. The minimum Gasteiger partial charge on any atom is -0.381 e. The third-order valence-corrected chi connectivity index (χ3v) is 6.84. The molecule has 3 rings (SSSR count). The van der Waals surface area contributed by atoms with E-state index in [1.165, 1.54) is 52.0 Å². The van der Waals surface area contributed by atoms with Crippen LogP contribution in [0.4, 0.5) is 0 Å². The Morgan fingerprint density at radius 1 is 0.889 bits per heavy atom. The number of piperazine rings is 1. The van der Waals surface area contributed by atoms with Crippen molar-refractivity contribution in [3.05, 3.63) is 0 Å². The molecule has 0 aromatic rings. The lowest BCUT2D eigenvalue weighted by atomic mass is 9.78. The van der Waals surface area contributed by atoms with E-state index in [2.05, 4.69) is 42.8 Å². The Morgan fingerprint density at radius 2 is 1.52 bits per heavy atom. The van der Waals surface area contributed by atoms with Crippen molar-refractivity contribution in [1.29, 1.82) is 0 Å². The van der Waals surface area contributed by atoms with Crippen LogP contribution < -0.4 is 5.32 Å². The Labute approximate surface area is 167 Å². The van der Waals surface area contributed by atoms with Crippen LogP contribution >= 0.6 is 0 Å². The second kappa shape index (κ2) is 9.08. The summed E-state index contributed by atoms with van der Waals surface area (Å²) in [7, 11) is 1.81. The highest BCUT2D eigenvalue weighted by Gasteiger charge is 2.38. The molecule has 1 aliphatic carbocycles. The van der Waals surface area contributed by atoms with E-state index in [0.29, 0.717) is 23.7 Å². The second-order valence-corrected chi connectivity index (χ2v) is 10.5. The molecule has 0 atom stereocenters. The lowest BCUT2D eigenvalue weighted by Gasteiger charge is -2.48. The number of rotatable bonds is 8. The molecule has 0 unspecified atom stereocenters. The summed E-state index contributed by atoms with van der Waals surface area (Å²) in [5, 5.41) is 3.46. The molecule has 3 fully saturated rings. The molecule has 5 nitrogen and oxygen atoms in total. The van der Waals surface area contributed by atoms with Crippen molar-refractivity contribution in [2.24, 2.45) is 5.41 Å². The van der Waals surface area contributed by atoms with Gasteiger partial charge >= 0.3 is 0 Å². The normalized spacial score (nSPS) is 29.7. The highest BCUT2D eigenvalue weighted by Crippen LogP contribution is 2.35. The van der Waals surface area contributed by atoms with Gasteiger partial charge in [0.1, 0.15) is 0 Å². The molecule has 0 aromatic carbocycles. The van der Waals surface area contributed by atoms with Crippen molar-refractivity contribution >= 4 is 0 Å². The molecule has 2 aliphatic heterocycles. The molecule has 1 saturated carbocycles. The number of hydrogen-bond donors (Lipinski definition) is 1. The van der Waals surface area contributed by atoms with Gasteiger partial charge in [-0.2, -0.15) is 0 Å². The number of likely N-dealkylation sites (tertiary alicyclic amines) is 1. The van der Waals surface area contributed by atoms with Gasteiger partial charge in [0.15, 0.2) is 0 Å². The van der Waals surface area contributed by atoms with Crippen LogP contribution in [0, 0.1) is 5.41 Å². The molecule has 3 aliphatic rings. The molecule has 2 heterocycles. The first-order valence-corrected chi connectivity index (χ1v) is 11.1. The smallest absolute Gasteiger partial charge is 0.0628 e. The van der Waals surface area contributed by atoms with Crippen molar-refractivity contribution in [1.82, 2.24) is 15.1 Å². The zero-order valence-corrected chi connectivity index (χ0v) is 18.4. The van der Waals surface area contributed by atoms with E-state index < -0.39 is 0 Å². The third kappa shape index (κ3) is 6.14. The van der Waals surface area contributed by atoms with Crippen LogP contribution in [0.3, 0.4) is 0 Å². The van der Waals surface area contributed by atoms with Gasteiger partial charge in [-0.3, -0.25) is 4.90 Å². The van der Waals surface area contributed by atoms with Crippen LogP contribution in [0.15, 0.2) is 0 Å². The van der Waals surface area contributed by atoms with E-state index in [0.717, 1.165) is 25.9 Å². The van der Waals surface area contributed by atoms with Gasteiger partial charge in [-0.25, -0.2) is 0 Å². The van der Waals surface area contributed by atoms with Gasteiger partial charge < -0.3 is 19.7 Å². The highest BCUT2D eigenvalue weighted by molar-refractivity contribution is 4.92. The van der Waals surface area contributed by atoms with Crippen LogP contribution in [-0.2, 0) is 9.47 Å². The number of piperidine rings is 1. The zero-order valence-electron chi connectivity index (χ0n) is 18.4. The van der Waals surface area contributed by atoms with Gasteiger partial charge in [0.05, 0.1) is 18.3 Å². The van der Waals surface area contributed by atoms with E-state index in [1.54, 1.807) is 0 Å². The van der Waals surface area contributed by atoms with E-state index in [1.807, 2.05) is 7.11 Å². The highest BCUT2D eigenvalue weighted by atomic mass is 16.5. The van der Waals surface area contributed by atoms with Crippen LogP contribution in [0.1, 0.15) is 59.8 Å². The van der Waals surface area contributed by atoms with Gasteiger partial charge in [0, 0.05) is 58.5 Å². The fourth-order valence-corrected chi connectivity index (χ4v) is 5.50. The monoisotopic (exact) mass is 381 g/mol. The molecule has 27 heavy (non-hydrogen) atoms. The van der Waals surface area contributed by atoms with Crippen molar-refractivity contribution in [2.75, 3.05) is 52.9 Å². The van der Waals surface area contributed by atoms with Crippen LogP contribution in [0.5, 0.6) is 0 Å². The molecule has 0 aromatic heterocycles. The predicted octanol–water partition coefficient (Wildman–Crippen LogP) is 2.74. The summed E-state index contributed by atoms with van der Waals surface area (Å²) in [6.07, 6.45) is 7.10. The second-order valence-electron chi connectivity index (χ2n) is 10.5. The van der Waals surface area contributed by atoms with Gasteiger partial charge in [-0.1, -0.05) is 13.8 Å². The minimum atomic E-state index is 0.250. The van der Waals surface area contributed by atoms with Crippen LogP contribution in [0.25, 0.3) is 0 Å². The molecule has 0 amide bonds. The average Bonchev–Trinajstić information content (AvgIpc) is 2.57. The molecule has 0 spiro atoms. The molecule has 1 N–H and O–H groups in total. The van der Waals surface area contributed by atoms with Gasteiger partial charge in [-0.05, 0) is 51.4 Å². The summed E-state index contributed by atoms with van der Waals surface area (Å²) < 4.78 is 11.7. The number of methoxy groups -OCH3 is 1. The van der Waals surface area contributed by atoms with Gasteiger partial charge in [0.2, 0.25) is 0 Å². The number of nitrogens with zero attached hydrogens (tertiary/aromatic N) is 2. The Morgan fingerprint density at radius 3 is 2.11 bits per heavy atom. The van der Waals surface area contributed by atoms with Crippen molar-refractivity contribution in [3.63, 3.8) is 0 Å². The topological polar surface area (TPSA) is 37.0 Å².